The normalized spacial score (nSPS) is 22.5. The monoisotopic (exact) mass is 356 g/mol. The quantitative estimate of drug-likeness (QED) is 0.829. The van der Waals surface area contributed by atoms with Crippen LogP contribution in [-0.4, -0.2) is 36.3 Å². The first kappa shape index (κ1) is 16.7. The largest absolute Gasteiger partial charge is 0.338 e. The highest BCUT2D eigenvalue weighted by Gasteiger charge is 2.48. The van der Waals surface area contributed by atoms with E-state index in [0.29, 0.717) is 37.3 Å². The molecule has 134 valence electrons. The van der Waals surface area contributed by atoms with Crippen molar-refractivity contribution in [2.45, 2.75) is 12.8 Å². The highest BCUT2D eigenvalue weighted by molar-refractivity contribution is 5.97. The van der Waals surface area contributed by atoms with Crippen molar-refractivity contribution >= 4 is 17.5 Å². The number of carbonyl (C=O) groups excluding carboxylic acids is 2. The summed E-state index contributed by atoms with van der Waals surface area (Å²) in [4.78, 5) is 28.4. The van der Waals surface area contributed by atoms with E-state index < -0.39 is 0 Å². The molecule has 0 unspecified atom stereocenters. The maximum absolute atomic E-state index is 13.5. The predicted octanol–water partition coefficient (Wildman–Crippen LogP) is 3.23. The molecular formula is C20H18F2N2O2. The summed E-state index contributed by atoms with van der Waals surface area (Å²) in [6.45, 7) is 1.50. The zero-order valence-electron chi connectivity index (χ0n) is 14.1. The highest BCUT2D eigenvalue weighted by Crippen LogP contribution is 2.42. The van der Waals surface area contributed by atoms with Crippen molar-refractivity contribution in [1.82, 2.24) is 4.90 Å². The first-order valence-corrected chi connectivity index (χ1v) is 8.57. The molecule has 1 atom stereocenters. The van der Waals surface area contributed by atoms with Gasteiger partial charge in [-0.3, -0.25) is 9.59 Å². The summed E-state index contributed by atoms with van der Waals surface area (Å²) in [6.07, 6.45) is 1.06. The lowest BCUT2D eigenvalue weighted by Crippen LogP contribution is -2.34. The van der Waals surface area contributed by atoms with Gasteiger partial charge in [0.15, 0.2) is 0 Å². The molecule has 2 aliphatic rings. The van der Waals surface area contributed by atoms with E-state index in [-0.39, 0.29) is 28.9 Å². The van der Waals surface area contributed by atoms with Crippen LogP contribution in [0, 0.1) is 17.0 Å². The minimum absolute atomic E-state index is 0.0494. The molecule has 0 saturated carbocycles. The topological polar surface area (TPSA) is 40.6 Å². The molecule has 26 heavy (non-hydrogen) atoms. The molecule has 0 aromatic heterocycles. The van der Waals surface area contributed by atoms with Gasteiger partial charge in [0.1, 0.15) is 11.6 Å². The molecule has 4 rings (SSSR count). The summed E-state index contributed by atoms with van der Waals surface area (Å²) in [6, 6.07) is 11.5. The van der Waals surface area contributed by atoms with E-state index in [9.17, 15) is 18.4 Å². The van der Waals surface area contributed by atoms with Crippen LogP contribution in [0.1, 0.15) is 23.2 Å². The second kappa shape index (κ2) is 6.20. The Morgan fingerprint density at radius 2 is 1.77 bits per heavy atom. The predicted molar refractivity (Wildman–Crippen MR) is 92.7 cm³/mol. The number of likely N-dealkylation sites (tertiary alicyclic amines) is 1. The Bertz CT molecular complexity index is 868. The Balaban J connectivity index is 1.50. The molecule has 0 bridgehead atoms. The van der Waals surface area contributed by atoms with Crippen LogP contribution in [0.25, 0.3) is 0 Å². The summed E-state index contributed by atoms with van der Waals surface area (Å²) in [5.41, 5.74) is 0.684. The number of benzene rings is 2. The van der Waals surface area contributed by atoms with Gasteiger partial charge < -0.3 is 9.80 Å². The third-order valence-corrected chi connectivity index (χ3v) is 5.26. The molecule has 2 saturated heterocycles. The van der Waals surface area contributed by atoms with Gasteiger partial charge in [-0.2, -0.15) is 0 Å². The molecule has 2 aromatic carbocycles. The highest BCUT2D eigenvalue weighted by atomic mass is 19.1. The zero-order valence-corrected chi connectivity index (χ0v) is 14.1. The van der Waals surface area contributed by atoms with E-state index in [4.69, 9.17) is 0 Å². The number of hydrogen-bond donors (Lipinski definition) is 0. The lowest BCUT2D eigenvalue weighted by atomic mass is 9.86. The molecule has 0 N–H and O–H groups in total. The number of hydrogen-bond acceptors (Lipinski definition) is 2. The van der Waals surface area contributed by atoms with Gasteiger partial charge in [-0.25, -0.2) is 8.78 Å². The maximum Gasteiger partial charge on any atom is 0.253 e. The molecule has 0 radical (unpaired) electrons. The number of anilines is 1. The average molecular weight is 356 g/mol. The number of rotatable bonds is 2. The second-order valence-electron chi connectivity index (χ2n) is 7.12. The smallest absolute Gasteiger partial charge is 0.253 e. The molecule has 2 aromatic rings. The van der Waals surface area contributed by atoms with Crippen molar-refractivity contribution in [3.63, 3.8) is 0 Å². The Morgan fingerprint density at radius 1 is 1.00 bits per heavy atom. The van der Waals surface area contributed by atoms with E-state index in [1.807, 2.05) is 0 Å². The van der Waals surface area contributed by atoms with Crippen LogP contribution < -0.4 is 4.90 Å². The van der Waals surface area contributed by atoms with Crippen molar-refractivity contribution in [2.24, 2.45) is 5.41 Å². The standard InChI is InChI=1S/C20H18F2N2O2/c21-15-6-4-14(5-7-15)19(26)23-9-8-20(12-23)11-18(25)24(13-20)17-3-1-2-16(22)10-17/h1-7,10H,8-9,11-13H2/t20-/m0/s1. The number of nitrogens with zero attached hydrogens (tertiary/aromatic N) is 2. The van der Waals surface area contributed by atoms with Crippen molar-refractivity contribution < 1.29 is 18.4 Å². The Morgan fingerprint density at radius 3 is 2.50 bits per heavy atom. The third-order valence-electron chi connectivity index (χ3n) is 5.26. The summed E-state index contributed by atoms with van der Waals surface area (Å²) in [7, 11) is 0. The van der Waals surface area contributed by atoms with Gasteiger partial charge >= 0.3 is 0 Å². The van der Waals surface area contributed by atoms with Crippen LogP contribution in [-0.2, 0) is 4.79 Å². The SMILES string of the molecule is O=C(c1ccc(F)cc1)N1CC[C@]2(CC(=O)N(c3cccc(F)c3)C2)C1. The fourth-order valence-corrected chi connectivity index (χ4v) is 3.93. The van der Waals surface area contributed by atoms with Crippen molar-refractivity contribution in [1.29, 1.82) is 0 Å². The average Bonchev–Trinajstić information content (AvgIpc) is 3.18. The van der Waals surface area contributed by atoms with E-state index in [1.165, 1.54) is 36.4 Å². The molecule has 1 spiro atoms. The first-order valence-electron chi connectivity index (χ1n) is 8.57. The third kappa shape index (κ3) is 2.96. The number of carbonyl (C=O) groups is 2. The van der Waals surface area contributed by atoms with Gasteiger partial charge in [0.25, 0.3) is 5.91 Å². The molecule has 2 aliphatic heterocycles. The van der Waals surface area contributed by atoms with Gasteiger partial charge in [-0.15, -0.1) is 0 Å². The van der Waals surface area contributed by atoms with Crippen LogP contribution in [0.5, 0.6) is 0 Å². The van der Waals surface area contributed by atoms with E-state index in [1.54, 1.807) is 21.9 Å². The van der Waals surface area contributed by atoms with Crippen LogP contribution >= 0.6 is 0 Å². The van der Waals surface area contributed by atoms with Crippen LogP contribution in [0.2, 0.25) is 0 Å². The van der Waals surface area contributed by atoms with Crippen molar-refractivity contribution in [2.75, 3.05) is 24.5 Å². The fraction of sp³-hybridized carbons (Fsp3) is 0.300. The van der Waals surface area contributed by atoms with Crippen LogP contribution in [0.4, 0.5) is 14.5 Å². The lowest BCUT2D eigenvalue weighted by molar-refractivity contribution is -0.117. The van der Waals surface area contributed by atoms with Crippen LogP contribution in [0.15, 0.2) is 48.5 Å². The molecule has 2 fully saturated rings. The van der Waals surface area contributed by atoms with E-state index in [2.05, 4.69) is 0 Å². The van der Waals surface area contributed by atoms with Gasteiger partial charge in [0, 0.05) is 42.7 Å². The Kier molecular flexibility index (Phi) is 3.98. The lowest BCUT2D eigenvalue weighted by Gasteiger charge is -2.24. The van der Waals surface area contributed by atoms with E-state index in [0.717, 1.165) is 6.42 Å². The molecule has 2 heterocycles. The minimum Gasteiger partial charge on any atom is -0.338 e. The Hall–Kier alpha value is -2.76. The fourth-order valence-electron chi connectivity index (χ4n) is 3.93. The van der Waals surface area contributed by atoms with Gasteiger partial charge in [-0.1, -0.05) is 6.07 Å². The molecule has 4 nitrogen and oxygen atoms in total. The van der Waals surface area contributed by atoms with Crippen molar-refractivity contribution in [3.05, 3.63) is 65.7 Å². The first-order chi connectivity index (χ1) is 12.5. The van der Waals surface area contributed by atoms with Gasteiger partial charge in [0.2, 0.25) is 5.91 Å². The molecule has 0 aliphatic carbocycles. The molecule has 2 amide bonds. The van der Waals surface area contributed by atoms with Gasteiger partial charge in [-0.05, 0) is 48.9 Å². The number of amides is 2. The summed E-state index contributed by atoms with van der Waals surface area (Å²) in [5.74, 6) is -0.965. The minimum atomic E-state index is -0.383. The second-order valence-corrected chi connectivity index (χ2v) is 7.12. The van der Waals surface area contributed by atoms with E-state index >= 15 is 0 Å². The van der Waals surface area contributed by atoms with Gasteiger partial charge in [0.05, 0.1) is 0 Å². The summed E-state index contributed by atoms with van der Waals surface area (Å²) >= 11 is 0. The summed E-state index contributed by atoms with van der Waals surface area (Å²) < 4.78 is 26.5. The number of halogens is 2. The Labute approximate surface area is 150 Å². The maximum atomic E-state index is 13.5. The zero-order chi connectivity index (χ0) is 18.3. The molecular weight excluding hydrogens is 338 g/mol. The molecule has 6 heteroatoms. The summed E-state index contributed by atoms with van der Waals surface area (Å²) in [5, 5.41) is 0. The van der Waals surface area contributed by atoms with Crippen LogP contribution in [0.3, 0.4) is 0 Å². The van der Waals surface area contributed by atoms with Crippen molar-refractivity contribution in [3.8, 4) is 0 Å².